The quantitative estimate of drug-likeness (QED) is 0.600. The zero-order valence-electron chi connectivity index (χ0n) is 8.93. The highest BCUT2D eigenvalue weighted by molar-refractivity contribution is 5.92. The Morgan fingerprint density at radius 2 is 1.81 bits per heavy atom. The van der Waals surface area contributed by atoms with Crippen molar-refractivity contribution >= 4 is 11.7 Å². The van der Waals surface area contributed by atoms with Crippen molar-refractivity contribution in [3.05, 3.63) is 35.6 Å². The van der Waals surface area contributed by atoms with Gasteiger partial charge in [0.1, 0.15) is 5.75 Å². The van der Waals surface area contributed by atoms with E-state index in [0.717, 1.165) is 0 Å². The fourth-order valence-corrected chi connectivity index (χ4v) is 1.26. The van der Waals surface area contributed by atoms with Crippen LogP contribution in [0, 0.1) is 0 Å². The molecule has 5 nitrogen and oxygen atoms in total. The summed E-state index contributed by atoms with van der Waals surface area (Å²) in [5, 5.41) is 18.0. The van der Waals surface area contributed by atoms with Gasteiger partial charge in [-0.3, -0.25) is 0 Å². The molecule has 0 atom stereocenters. The second kappa shape index (κ2) is 5.06. The van der Waals surface area contributed by atoms with Crippen LogP contribution in [0.25, 0.3) is 5.76 Å². The number of rotatable bonds is 4. The largest absolute Gasteiger partial charge is 0.499 e. The Morgan fingerprint density at radius 3 is 2.31 bits per heavy atom. The van der Waals surface area contributed by atoms with Crippen molar-refractivity contribution in [1.82, 2.24) is 0 Å². The molecule has 0 spiro atoms. The molecule has 2 N–H and O–H groups in total. The third-order valence-electron chi connectivity index (χ3n) is 1.97. The fourth-order valence-electron chi connectivity index (χ4n) is 1.26. The van der Waals surface area contributed by atoms with Crippen LogP contribution in [0.2, 0.25) is 0 Å². The molecule has 16 heavy (non-hydrogen) atoms. The van der Waals surface area contributed by atoms with Crippen molar-refractivity contribution in [1.29, 1.82) is 0 Å². The SMILES string of the molecule is COC(=C(O)C(=O)O)c1ccccc1OC. The second-order valence-corrected chi connectivity index (χ2v) is 2.89. The summed E-state index contributed by atoms with van der Waals surface area (Å²) in [5.74, 6) is -2.02. The Morgan fingerprint density at radius 1 is 1.19 bits per heavy atom. The number of aliphatic hydroxyl groups excluding tert-OH is 1. The van der Waals surface area contributed by atoms with Crippen LogP contribution < -0.4 is 4.74 Å². The number of hydrogen-bond donors (Lipinski definition) is 2. The van der Waals surface area contributed by atoms with Gasteiger partial charge >= 0.3 is 5.97 Å². The minimum Gasteiger partial charge on any atom is -0.499 e. The molecule has 1 rings (SSSR count). The van der Waals surface area contributed by atoms with E-state index in [1.807, 2.05) is 0 Å². The lowest BCUT2D eigenvalue weighted by molar-refractivity contribution is -0.135. The predicted octanol–water partition coefficient (Wildman–Crippen LogP) is 1.65. The van der Waals surface area contributed by atoms with Crippen LogP contribution >= 0.6 is 0 Å². The smallest absolute Gasteiger partial charge is 0.374 e. The first kappa shape index (κ1) is 11.9. The van der Waals surface area contributed by atoms with Gasteiger partial charge in [0.15, 0.2) is 5.76 Å². The molecule has 0 aliphatic heterocycles. The molecule has 0 saturated carbocycles. The molecule has 1 aromatic rings. The zero-order valence-corrected chi connectivity index (χ0v) is 8.93. The number of carboxylic acid groups (broad SMARTS) is 1. The fraction of sp³-hybridized carbons (Fsp3) is 0.182. The van der Waals surface area contributed by atoms with Crippen molar-refractivity contribution < 1.29 is 24.5 Å². The van der Waals surface area contributed by atoms with Gasteiger partial charge in [0.2, 0.25) is 5.76 Å². The molecule has 0 aromatic heterocycles. The summed E-state index contributed by atoms with van der Waals surface area (Å²) in [6, 6.07) is 6.65. The highest BCUT2D eigenvalue weighted by Gasteiger charge is 2.18. The van der Waals surface area contributed by atoms with Crippen LogP contribution in [0.4, 0.5) is 0 Å². The monoisotopic (exact) mass is 224 g/mol. The van der Waals surface area contributed by atoms with Gasteiger partial charge in [-0.1, -0.05) is 12.1 Å². The summed E-state index contributed by atoms with van der Waals surface area (Å²) in [6.45, 7) is 0. The maximum absolute atomic E-state index is 10.6. The van der Waals surface area contributed by atoms with Crippen LogP contribution in [0.5, 0.6) is 5.75 Å². The van der Waals surface area contributed by atoms with Crippen LogP contribution in [0.3, 0.4) is 0 Å². The van der Waals surface area contributed by atoms with Crippen LogP contribution in [-0.2, 0) is 9.53 Å². The van der Waals surface area contributed by atoms with E-state index < -0.39 is 11.7 Å². The number of hydrogen-bond acceptors (Lipinski definition) is 4. The Bertz CT molecular complexity index is 422. The summed E-state index contributed by atoms with van der Waals surface area (Å²) in [5.41, 5.74) is 0.382. The van der Waals surface area contributed by atoms with E-state index in [0.29, 0.717) is 11.3 Å². The summed E-state index contributed by atoms with van der Waals surface area (Å²) in [6.07, 6.45) is 0. The number of para-hydroxylation sites is 1. The summed E-state index contributed by atoms with van der Waals surface area (Å²) in [7, 11) is 2.73. The predicted molar refractivity (Wildman–Crippen MR) is 57.2 cm³/mol. The maximum Gasteiger partial charge on any atom is 0.374 e. The van der Waals surface area contributed by atoms with E-state index in [2.05, 4.69) is 0 Å². The van der Waals surface area contributed by atoms with Gasteiger partial charge in [-0.2, -0.15) is 0 Å². The minimum absolute atomic E-state index is 0.134. The number of benzene rings is 1. The molecule has 0 amide bonds. The van der Waals surface area contributed by atoms with Crippen LogP contribution in [-0.4, -0.2) is 30.4 Å². The molecular weight excluding hydrogens is 212 g/mol. The Balaban J connectivity index is 3.34. The number of carboxylic acids is 1. The number of ether oxygens (including phenoxy) is 2. The average molecular weight is 224 g/mol. The number of aliphatic hydroxyl groups is 1. The first-order valence-corrected chi connectivity index (χ1v) is 4.45. The second-order valence-electron chi connectivity index (χ2n) is 2.89. The van der Waals surface area contributed by atoms with Crippen LogP contribution in [0.1, 0.15) is 5.56 Å². The van der Waals surface area contributed by atoms with Gasteiger partial charge in [0.25, 0.3) is 0 Å². The highest BCUT2D eigenvalue weighted by atomic mass is 16.5. The standard InChI is InChI=1S/C11H12O5/c1-15-8-6-4-3-5-7(8)10(16-2)9(12)11(13)14/h3-6,12H,1-2H3,(H,13,14). The third kappa shape index (κ3) is 2.25. The molecule has 0 bridgehead atoms. The summed E-state index contributed by atoms with van der Waals surface area (Å²) < 4.78 is 9.91. The number of aliphatic carboxylic acids is 1. The third-order valence-corrected chi connectivity index (χ3v) is 1.97. The maximum atomic E-state index is 10.6. The molecule has 0 fully saturated rings. The van der Waals surface area contributed by atoms with Gasteiger partial charge in [0, 0.05) is 0 Å². The highest BCUT2D eigenvalue weighted by Crippen LogP contribution is 2.27. The molecule has 0 saturated heterocycles. The summed E-state index contributed by atoms with van der Waals surface area (Å²) in [4.78, 5) is 10.6. The van der Waals surface area contributed by atoms with Crippen molar-refractivity contribution in [2.24, 2.45) is 0 Å². The van der Waals surface area contributed by atoms with E-state index in [1.165, 1.54) is 14.2 Å². The molecule has 0 aliphatic rings. The molecule has 5 heteroatoms. The zero-order chi connectivity index (χ0) is 12.1. The van der Waals surface area contributed by atoms with E-state index in [4.69, 9.17) is 14.6 Å². The number of methoxy groups -OCH3 is 2. The Labute approximate surface area is 92.5 Å². The van der Waals surface area contributed by atoms with Crippen molar-refractivity contribution in [2.45, 2.75) is 0 Å². The molecule has 1 aromatic carbocycles. The lowest BCUT2D eigenvalue weighted by Gasteiger charge is -2.11. The van der Waals surface area contributed by atoms with Crippen molar-refractivity contribution in [3.63, 3.8) is 0 Å². The van der Waals surface area contributed by atoms with Crippen LogP contribution in [0.15, 0.2) is 30.0 Å². The van der Waals surface area contributed by atoms with E-state index in [9.17, 15) is 9.90 Å². The van der Waals surface area contributed by atoms with E-state index in [1.54, 1.807) is 24.3 Å². The minimum atomic E-state index is -1.46. The van der Waals surface area contributed by atoms with Gasteiger partial charge in [-0.15, -0.1) is 0 Å². The topological polar surface area (TPSA) is 76.0 Å². The van der Waals surface area contributed by atoms with Gasteiger partial charge < -0.3 is 19.7 Å². The molecule has 0 aliphatic carbocycles. The van der Waals surface area contributed by atoms with Gasteiger partial charge in [0.05, 0.1) is 19.8 Å². The van der Waals surface area contributed by atoms with Crippen molar-refractivity contribution in [3.8, 4) is 5.75 Å². The van der Waals surface area contributed by atoms with Gasteiger partial charge in [-0.05, 0) is 12.1 Å². The Kier molecular flexibility index (Phi) is 3.77. The molecule has 0 radical (unpaired) electrons. The first-order chi connectivity index (χ1) is 7.61. The van der Waals surface area contributed by atoms with E-state index in [-0.39, 0.29) is 5.76 Å². The molecule has 86 valence electrons. The normalized spacial score (nSPS) is 11.6. The lowest BCUT2D eigenvalue weighted by Crippen LogP contribution is -2.05. The molecular formula is C11H12O5. The summed E-state index contributed by atoms with van der Waals surface area (Å²) >= 11 is 0. The van der Waals surface area contributed by atoms with E-state index >= 15 is 0 Å². The molecule has 0 heterocycles. The Hall–Kier alpha value is -2.17. The first-order valence-electron chi connectivity index (χ1n) is 4.45. The van der Waals surface area contributed by atoms with Crippen molar-refractivity contribution in [2.75, 3.05) is 14.2 Å². The molecule has 0 unspecified atom stereocenters. The lowest BCUT2D eigenvalue weighted by atomic mass is 10.1. The average Bonchev–Trinajstić information content (AvgIpc) is 2.30. The number of carbonyl (C=O) groups is 1. The van der Waals surface area contributed by atoms with Gasteiger partial charge in [-0.25, -0.2) is 4.79 Å².